The van der Waals surface area contributed by atoms with Gasteiger partial charge in [-0.1, -0.05) is 11.8 Å². The molecule has 4 nitrogen and oxygen atoms in total. The van der Waals surface area contributed by atoms with E-state index >= 15 is 0 Å². The second-order valence-electron chi connectivity index (χ2n) is 3.82. The van der Waals surface area contributed by atoms with Crippen LogP contribution in [0.1, 0.15) is 45.4 Å². The number of aliphatic hydroxyl groups is 2. The lowest BCUT2D eigenvalue weighted by Crippen LogP contribution is -2.14. The molecule has 4 heteroatoms. The van der Waals surface area contributed by atoms with Crippen LogP contribution in [0.15, 0.2) is 0 Å². The average molecular weight is 242 g/mol. The summed E-state index contributed by atoms with van der Waals surface area (Å²) in [5.74, 6) is 5.53. The molecule has 0 aliphatic rings. The van der Waals surface area contributed by atoms with Crippen LogP contribution in [-0.4, -0.2) is 35.5 Å². The summed E-state index contributed by atoms with van der Waals surface area (Å²) in [7, 11) is 0. The summed E-state index contributed by atoms with van der Waals surface area (Å²) in [6.45, 7) is 1.70. The fourth-order valence-corrected chi connectivity index (χ4v) is 1.31. The highest BCUT2D eigenvalue weighted by atomic mass is 16.5. The molecule has 0 aliphatic carbocycles. The van der Waals surface area contributed by atoms with Crippen molar-refractivity contribution < 1.29 is 19.7 Å². The third-order valence-electron chi connectivity index (χ3n) is 2.16. The van der Waals surface area contributed by atoms with Crippen LogP contribution in [0, 0.1) is 11.8 Å². The van der Waals surface area contributed by atoms with Crippen LogP contribution in [0.4, 0.5) is 0 Å². The summed E-state index contributed by atoms with van der Waals surface area (Å²) in [5, 5.41) is 17.3. The van der Waals surface area contributed by atoms with Crippen molar-refractivity contribution in [1.82, 2.24) is 0 Å². The summed E-state index contributed by atoms with van der Waals surface area (Å²) in [6, 6.07) is 0. The maximum absolute atomic E-state index is 10.8. The van der Waals surface area contributed by atoms with Crippen molar-refractivity contribution in [3.8, 4) is 11.8 Å². The van der Waals surface area contributed by atoms with Gasteiger partial charge in [-0.3, -0.25) is 4.79 Å². The summed E-state index contributed by atoms with van der Waals surface area (Å²) in [6.07, 6.45) is 4.09. The molecule has 0 aliphatic heterocycles. The number of ether oxygens (including phenoxy) is 1. The van der Waals surface area contributed by atoms with Gasteiger partial charge in [0, 0.05) is 26.6 Å². The van der Waals surface area contributed by atoms with E-state index in [2.05, 4.69) is 11.8 Å². The van der Waals surface area contributed by atoms with Crippen molar-refractivity contribution in [2.45, 2.75) is 51.6 Å². The first kappa shape index (κ1) is 16.0. The van der Waals surface area contributed by atoms with Crippen molar-refractivity contribution in [2.24, 2.45) is 0 Å². The van der Waals surface area contributed by atoms with Gasteiger partial charge in [0.05, 0.1) is 0 Å². The highest BCUT2D eigenvalue weighted by Crippen LogP contribution is 2.05. The van der Waals surface area contributed by atoms with Gasteiger partial charge in [0.15, 0.2) is 6.10 Å². The largest absolute Gasteiger partial charge is 0.449 e. The number of unbranched alkanes of at least 4 members (excludes halogenated alkanes) is 3. The minimum absolute atomic E-state index is 0.150. The first-order chi connectivity index (χ1) is 8.20. The molecule has 98 valence electrons. The van der Waals surface area contributed by atoms with E-state index in [9.17, 15) is 4.79 Å². The standard InChI is InChI=1S/C13H22O4/c1-12(16)17-13(9-5-7-11-15)8-4-2-3-6-10-14/h13-15H,2-3,5-7,9-11H2,1H3. The Bertz CT molecular complexity index is 252. The molecule has 0 amide bonds. The molecule has 0 aromatic carbocycles. The number of rotatable bonds is 8. The van der Waals surface area contributed by atoms with Crippen LogP contribution in [0.2, 0.25) is 0 Å². The molecule has 17 heavy (non-hydrogen) atoms. The Morgan fingerprint density at radius 2 is 1.82 bits per heavy atom. The lowest BCUT2D eigenvalue weighted by Gasteiger charge is -2.10. The Balaban J connectivity index is 3.94. The molecule has 1 unspecified atom stereocenters. The van der Waals surface area contributed by atoms with Gasteiger partial charge in [0.1, 0.15) is 0 Å². The molecule has 0 bridgehead atoms. The molecular weight excluding hydrogens is 220 g/mol. The Morgan fingerprint density at radius 1 is 1.18 bits per heavy atom. The smallest absolute Gasteiger partial charge is 0.303 e. The van der Waals surface area contributed by atoms with E-state index in [-0.39, 0.29) is 25.3 Å². The van der Waals surface area contributed by atoms with Crippen LogP contribution in [-0.2, 0) is 9.53 Å². The molecule has 0 aromatic rings. The summed E-state index contributed by atoms with van der Waals surface area (Å²) in [4.78, 5) is 10.8. The van der Waals surface area contributed by atoms with Crippen LogP contribution >= 0.6 is 0 Å². The van der Waals surface area contributed by atoms with E-state index in [4.69, 9.17) is 14.9 Å². The zero-order valence-corrected chi connectivity index (χ0v) is 10.4. The van der Waals surface area contributed by atoms with Gasteiger partial charge in [-0.15, -0.1) is 0 Å². The first-order valence-electron chi connectivity index (χ1n) is 6.08. The zero-order valence-electron chi connectivity index (χ0n) is 10.4. The Kier molecular flexibility index (Phi) is 10.7. The minimum Gasteiger partial charge on any atom is -0.449 e. The fraction of sp³-hybridized carbons (Fsp3) is 0.769. The fourth-order valence-electron chi connectivity index (χ4n) is 1.31. The molecular formula is C13H22O4. The number of esters is 1. The SMILES string of the molecule is CC(=O)OC(C#CCCCCO)CCCCO. The number of carbonyl (C=O) groups excluding carboxylic acids is 1. The molecule has 2 N–H and O–H groups in total. The van der Waals surface area contributed by atoms with Gasteiger partial charge in [-0.2, -0.15) is 0 Å². The summed E-state index contributed by atoms with van der Waals surface area (Å²) < 4.78 is 5.06. The van der Waals surface area contributed by atoms with Crippen LogP contribution in [0.5, 0.6) is 0 Å². The lowest BCUT2D eigenvalue weighted by molar-refractivity contribution is -0.144. The zero-order chi connectivity index (χ0) is 12.9. The minimum atomic E-state index is -0.367. The van der Waals surface area contributed by atoms with Crippen molar-refractivity contribution in [1.29, 1.82) is 0 Å². The molecule has 0 spiro atoms. The molecule has 0 aromatic heterocycles. The van der Waals surface area contributed by atoms with Crippen molar-refractivity contribution in [3.05, 3.63) is 0 Å². The van der Waals surface area contributed by atoms with Crippen molar-refractivity contribution in [2.75, 3.05) is 13.2 Å². The number of hydrogen-bond acceptors (Lipinski definition) is 4. The van der Waals surface area contributed by atoms with Gasteiger partial charge >= 0.3 is 5.97 Å². The van der Waals surface area contributed by atoms with Crippen LogP contribution in [0.25, 0.3) is 0 Å². The second kappa shape index (κ2) is 11.4. The highest BCUT2D eigenvalue weighted by Gasteiger charge is 2.07. The van der Waals surface area contributed by atoms with Gasteiger partial charge in [0.25, 0.3) is 0 Å². The van der Waals surface area contributed by atoms with Gasteiger partial charge in [-0.05, 0) is 32.1 Å². The van der Waals surface area contributed by atoms with E-state index < -0.39 is 0 Å². The number of aliphatic hydroxyl groups excluding tert-OH is 2. The topological polar surface area (TPSA) is 66.8 Å². The normalized spacial score (nSPS) is 11.5. The van der Waals surface area contributed by atoms with E-state index in [1.54, 1.807) is 0 Å². The van der Waals surface area contributed by atoms with E-state index in [0.717, 1.165) is 19.3 Å². The Morgan fingerprint density at radius 3 is 2.41 bits per heavy atom. The van der Waals surface area contributed by atoms with E-state index in [0.29, 0.717) is 19.3 Å². The van der Waals surface area contributed by atoms with Crippen LogP contribution < -0.4 is 0 Å². The van der Waals surface area contributed by atoms with E-state index in [1.165, 1.54) is 6.92 Å². The van der Waals surface area contributed by atoms with E-state index in [1.807, 2.05) is 0 Å². The summed E-state index contributed by atoms with van der Waals surface area (Å²) in [5.41, 5.74) is 0. The quantitative estimate of drug-likeness (QED) is 0.382. The molecule has 0 saturated heterocycles. The first-order valence-corrected chi connectivity index (χ1v) is 6.08. The maximum atomic E-state index is 10.8. The predicted molar refractivity (Wildman–Crippen MR) is 65.2 cm³/mol. The predicted octanol–water partition coefficient (Wildman–Crippen LogP) is 1.25. The Hall–Kier alpha value is -1.05. The number of carbonyl (C=O) groups is 1. The second-order valence-corrected chi connectivity index (χ2v) is 3.82. The van der Waals surface area contributed by atoms with Crippen LogP contribution in [0.3, 0.4) is 0 Å². The number of hydrogen-bond donors (Lipinski definition) is 2. The average Bonchev–Trinajstić information content (AvgIpc) is 2.28. The Labute approximate surface area is 103 Å². The van der Waals surface area contributed by atoms with Crippen molar-refractivity contribution >= 4 is 5.97 Å². The molecule has 0 radical (unpaired) electrons. The summed E-state index contributed by atoms with van der Waals surface area (Å²) >= 11 is 0. The van der Waals surface area contributed by atoms with Gasteiger partial charge < -0.3 is 14.9 Å². The maximum Gasteiger partial charge on any atom is 0.303 e. The van der Waals surface area contributed by atoms with Crippen molar-refractivity contribution in [3.63, 3.8) is 0 Å². The van der Waals surface area contributed by atoms with Gasteiger partial charge in [0.2, 0.25) is 0 Å². The molecule has 0 rings (SSSR count). The van der Waals surface area contributed by atoms with Gasteiger partial charge in [-0.25, -0.2) is 0 Å². The molecule has 1 atom stereocenters. The third kappa shape index (κ3) is 11.2. The third-order valence-corrected chi connectivity index (χ3v) is 2.16. The molecule has 0 heterocycles. The molecule has 0 saturated carbocycles. The highest BCUT2D eigenvalue weighted by molar-refractivity contribution is 5.66. The lowest BCUT2D eigenvalue weighted by atomic mass is 10.1. The molecule has 0 fully saturated rings. The monoisotopic (exact) mass is 242 g/mol.